The Kier molecular flexibility index (Phi) is 4.25. The number of hydrogen-bond acceptors (Lipinski definition) is 4. The van der Waals surface area contributed by atoms with Crippen molar-refractivity contribution in [2.24, 2.45) is 0 Å². The van der Waals surface area contributed by atoms with Gasteiger partial charge in [0, 0.05) is 10.2 Å². The molecule has 0 atom stereocenters. The third-order valence-corrected chi connectivity index (χ3v) is 1.84. The summed E-state index contributed by atoms with van der Waals surface area (Å²) in [5.74, 6) is -1.08. The van der Waals surface area contributed by atoms with Crippen molar-refractivity contribution in [1.29, 1.82) is 0 Å². The first-order valence-corrected chi connectivity index (χ1v) is 5.25. The normalized spacial score (nSPS) is 10.7. The number of anilines is 1. The number of carbonyl (C=O) groups is 2. The van der Waals surface area contributed by atoms with Crippen LogP contribution >= 0.6 is 0 Å². The Hall–Kier alpha value is -2.11. The molecule has 0 aliphatic heterocycles. The van der Waals surface area contributed by atoms with Crippen molar-refractivity contribution in [2.45, 2.75) is 26.4 Å². The van der Waals surface area contributed by atoms with E-state index >= 15 is 0 Å². The molecule has 6 heteroatoms. The number of ether oxygens (including phenoxy) is 1. The molecule has 1 amide bonds. The van der Waals surface area contributed by atoms with Gasteiger partial charge in [-0.25, -0.2) is 14.5 Å². The van der Waals surface area contributed by atoms with Gasteiger partial charge in [-0.15, -0.1) is 0 Å². The summed E-state index contributed by atoms with van der Waals surface area (Å²) in [7, 11) is 0. The monoisotopic (exact) mass is 255 g/mol. The van der Waals surface area contributed by atoms with Gasteiger partial charge in [0.2, 0.25) is 0 Å². The van der Waals surface area contributed by atoms with Gasteiger partial charge in [0.15, 0.2) is 0 Å². The molecule has 0 unspecified atom stereocenters. The van der Waals surface area contributed by atoms with Gasteiger partial charge in [-0.3, -0.25) is 5.32 Å². The first kappa shape index (κ1) is 14.0. The van der Waals surface area contributed by atoms with Crippen molar-refractivity contribution < 1.29 is 23.8 Å². The van der Waals surface area contributed by atoms with E-state index in [1.165, 1.54) is 24.3 Å². The second kappa shape index (κ2) is 5.48. The maximum absolute atomic E-state index is 11.6. The number of amides is 1. The van der Waals surface area contributed by atoms with E-state index in [0.717, 1.165) is 0 Å². The highest BCUT2D eigenvalue weighted by Gasteiger charge is 2.16. The zero-order chi connectivity index (χ0) is 13.8. The molecule has 0 spiro atoms. The summed E-state index contributed by atoms with van der Waals surface area (Å²) < 4.78 is 16.7. The van der Waals surface area contributed by atoms with Crippen LogP contribution in [0.15, 0.2) is 24.3 Å². The van der Waals surface area contributed by atoms with E-state index in [4.69, 9.17) is 4.74 Å². The van der Waals surface area contributed by atoms with Crippen LogP contribution in [0.5, 0.6) is 0 Å². The summed E-state index contributed by atoms with van der Waals surface area (Å²) in [6.07, 6.45) is -0.608. The fraction of sp³-hybridized carbons (Fsp3) is 0.333. The molecule has 1 N–H and O–H groups in total. The third kappa shape index (κ3) is 4.40. The molecular formula is C12H14FNO4. The Morgan fingerprint density at radius 3 is 2.17 bits per heavy atom. The summed E-state index contributed by atoms with van der Waals surface area (Å²) >= 11 is 0. The number of halogens is 1. The first-order valence-electron chi connectivity index (χ1n) is 5.25. The quantitative estimate of drug-likeness (QED) is 0.882. The fourth-order valence-electron chi connectivity index (χ4n) is 1.16. The second-order valence-electron chi connectivity index (χ2n) is 4.57. The average molecular weight is 255 g/mol. The lowest BCUT2D eigenvalue weighted by atomic mass is 10.2. The van der Waals surface area contributed by atoms with Crippen LogP contribution in [-0.4, -0.2) is 17.7 Å². The van der Waals surface area contributed by atoms with Crippen LogP contribution in [0.1, 0.15) is 31.1 Å². The van der Waals surface area contributed by atoms with Crippen LogP contribution in [0.4, 0.5) is 15.0 Å². The van der Waals surface area contributed by atoms with Gasteiger partial charge in [0.1, 0.15) is 5.60 Å². The maximum Gasteiger partial charge on any atom is 0.412 e. The zero-order valence-corrected chi connectivity index (χ0v) is 10.3. The van der Waals surface area contributed by atoms with Gasteiger partial charge >= 0.3 is 12.1 Å². The lowest BCUT2D eigenvalue weighted by molar-refractivity contribution is -0.0788. The van der Waals surface area contributed by atoms with Crippen LogP contribution in [0.2, 0.25) is 0 Å². The Balaban J connectivity index is 2.64. The second-order valence-corrected chi connectivity index (χ2v) is 4.57. The highest BCUT2D eigenvalue weighted by molar-refractivity contribution is 5.90. The smallest absolute Gasteiger partial charge is 0.412 e. The molecule has 5 nitrogen and oxygen atoms in total. The molecule has 1 aromatic carbocycles. The summed E-state index contributed by atoms with van der Waals surface area (Å²) in [6.45, 7) is 5.23. The molecule has 0 radical (unpaired) electrons. The molecule has 18 heavy (non-hydrogen) atoms. The number of rotatable bonds is 2. The zero-order valence-electron chi connectivity index (χ0n) is 10.3. The number of carbonyl (C=O) groups excluding carboxylic acids is 2. The Labute approximate surface area is 104 Å². The van der Waals surface area contributed by atoms with Crippen LogP contribution < -0.4 is 5.32 Å². The Bertz CT molecular complexity index is 436. The molecule has 0 saturated heterocycles. The van der Waals surface area contributed by atoms with Gasteiger partial charge in [-0.05, 0) is 45.0 Å². The van der Waals surface area contributed by atoms with E-state index < -0.39 is 17.7 Å². The molecule has 0 fully saturated rings. The molecule has 0 aromatic heterocycles. The highest BCUT2D eigenvalue weighted by atomic mass is 19.3. The fourth-order valence-corrected chi connectivity index (χ4v) is 1.16. The van der Waals surface area contributed by atoms with Crippen LogP contribution in [-0.2, 0) is 9.68 Å². The molecule has 0 aliphatic rings. The van der Waals surface area contributed by atoms with E-state index in [0.29, 0.717) is 5.69 Å². The van der Waals surface area contributed by atoms with E-state index in [-0.39, 0.29) is 5.56 Å². The van der Waals surface area contributed by atoms with Crippen LogP contribution in [0.25, 0.3) is 0 Å². The molecule has 98 valence electrons. The maximum atomic E-state index is 11.6. The third-order valence-electron chi connectivity index (χ3n) is 1.84. The first-order chi connectivity index (χ1) is 8.31. The van der Waals surface area contributed by atoms with Gasteiger partial charge < -0.3 is 4.74 Å². The average Bonchev–Trinajstić information content (AvgIpc) is 2.26. The predicted molar refractivity (Wildman–Crippen MR) is 62.8 cm³/mol. The highest BCUT2D eigenvalue weighted by Crippen LogP contribution is 2.13. The minimum Gasteiger partial charge on any atom is -0.444 e. The Morgan fingerprint density at radius 2 is 1.72 bits per heavy atom. The van der Waals surface area contributed by atoms with Gasteiger partial charge in [-0.2, -0.15) is 0 Å². The van der Waals surface area contributed by atoms with E-state index in [9.17, 15) is 14.1 Å². The molecule has 0 saturated carbocycles. The minimum absolute atomic E-state index is 0.0484. The van der Waals surface area contributed by atoms with Crippen LogP contribution in [0, 0.1) is 0 Å². The van der Waals surface area contributed by atoms with Crippen molar-refractivity contribution in [3.8, 4) is 0 Å². The summed E-state index contributed by atoms with van der Waals surface area (Å²) in [5, 5.41) is 2.48. The molecule has 0 heterocycles. The summed E-state index contributed by atoms with van der Waals surface area (Å²) in [5.41, 5.74) is -0.117. The van der Waals surface area contributed by atoms with Crippen LogP contribution in [0.3, 0.4) is 0 Å². The predicted octanol–water partition coefficient (Wildman–Crippen LogP) is 3.07. The molecular weight excluding hydrogens is 241 g/mol. The van der Waals surface area contributed by atoms with Crippen molar-refractivity contribution >= 4 is 17.7 Å². The largest absolute Gasteiger partial charge is 0.444 e. The topological polar surface area (TPSA) is 64.6 Å². The molecule has 0 bridgehead atoms. The van der Waals surface area contributed by atoms with Gasteiger partial charge in [0.25, 0.3) is 0 Å². The van der Waals surface area contributed by atoms with Gasteiger partial charge in [0.05, 0.1) is 5.56 Å². The summed E-state index contributed by atoms with van der Waals surface area (Å²) in [6, 6.07) is 5.54. The van der Waals surface area contributed by atoms with Crippen molar-refractivity contribution in [2.75, 3.05) is 5.32 Å². The minimum atomic E-state index is -1.08. The molecule has 1 aromatic rings. The molecule has 0 aliphatic carbocycles. The summed E-state index contributed by atoms with van der Waals surface area (Å²) in [4.78, 5) is 25.3. The van der Waals surface area contributed by atoms with Gasteiger partial charge in [-0.1, -0.05) is 0 Å². The molecule has 1 rings (SSSR count). The number of benzene rings is 1. The SMILES string of the molecule is CC(C)(C)OC(=O)Nc1ccc(C(=O)OF)cc1. The lowest BCUT2D eigenvalue weighted by Gasteiger charge is -2.19. The van der Waals surface area contributed by atoms with Crippen molar-refractivity contribution in [1.82, 2.24) is 0 Å². The Morgan fingerprint density at radius 1 is 1.17 bits per heavy atom. The van der Waals surface area contributed by atoms with Crippen molar-refractivity contribution in [3.05, 3.63) is 29.8 Å². The van der Waals surface area contributed by atoms with E-state index in [1.54, 1.807) is 20.8 Å². The van der Waals surface area contributed by atoms with E-state index in [1.807, 2.05) is 0 Å². The van der Waals surface area contributed by atoms with E-state index in [2.05, 4.69) is 10.3 Å². The van der Waals surface area contributed by atoms with Crippen molar-refractivity contribution in [3.63, 3.8) is 0 Å². The number of hydrogen-bond donors (Lipinski definition) is 1. The standard InChI is InChI=1S/C12H14FNO4/c1-12(2,3)17-11(16)14-9-6-4-8(5-7-9)10(15)18-13/h4-7H,1-3H3,(H,14,16). The number of nitrogens with one attached hydrogen (secondary N) is 1. The lowest BCUT2D eigenvalue weighted by Crippen LogP contribution is -2.27.